The van der Waals surface area contributed by atoms with Crippen molar-refractivity contribution in [2.75, 3.05) is 33.9 Å². The Hall–Kier alpha value is -2.08. The number of amides is 2. The number of piperidine rings is 1. The van der Waals surface area contributed by atoms with E-state index in [4.69, 9.17) is 9.47 Å². The van der Waals surface area contributed by atoms with E-state index in [1.165, 1.54) is 0 Å². The van der Waals surface area contributed by atoms with Crippen molar-refractivity contribution in [1.29, 1.82) is 0 Å². The second kappa shape index (κ2) is 8.74. The lowest BCUT2D eigenvalue weighted by Gasteiger charge is -2.46. The van der Waals surface area contributed by atoms with Crippen LogP contribution in [0.15, 0.2) is 24.3 Å². The first kappa shape index (κ1) is 19.7. The van der Waals surface area contributed by atoms with Gasteiger partial charge in [0.05, 0.1) is 20.1 Å². The molecule has 0 radical (unpaired) electrons. The number of fused-ring (bicyclic) bond motifs is 1. The molecule has 0 aromatic heterocycles. The zero-order valence-corrected chi connectivity index (χ0v) is 16.3. The van der Waals surface area contributed by atoms with Gasteiger partial charge >= 0.3 is 0 Å². The quantitative estimate of drug-likeness (QED) is 0.757. The Morgan fingerprint density at radius 2 is 2.19 bits per heavy atom. The van der Waals surface area contributed by atoms with Gasteiger partial charge in [-0.15, -0.1) is 0 Å². The Balaban J connectivity index is 1.61. The zero-order valence-electron chi connectivity index (χ0n) is 16.3. The lowest BCUT2D eigenvalue weighted by atomic mass is 9.74. The molecule has 2 aliphatic rings. The number of rotatable bonds is 8. The lowest BCUT2D eigenvalue weighted by molar-refractivity contribution is -0.142. The predicted molar refractivity (Wildman–Crippen MR) is 103 cm³/mol. The number of nitrogens with zero attached hydrogens (tertiary/aromatic N) is 1. The second-order valence-corrected chi connectivity index (χ2v) is 7.66. The maximum Gasteiger partial charge on any atom is 0.224 e. The summed E-state index contributed by atoms with van der Waals surface area (Å²) in [4.78, 5) is 26.9. The highest BCUT2D eigenvalue weighted by atomic mass is 16.5. The van der Waals surface area contributed by atoms with Crippen LogP contribution in [0.4, 0.5) is 0 Å². The average molecular weight is 374 g/mol. The standard InChI is InChI=1S/C21H30N2O4/c1-26-12-11-23-18-7-4-9-21(18,10-8-20(23)25)15-22-19(24)14-16-5-3-6-17(13-16)27-2/h3,5-6,13,18H,4,7-12,14-15H2,1-2H3,(H,22,24)/t18-,21+/m1/s1. The Kier molecular flexibility index (Phi) is 6.37. The van der Waals surface area contributed by atoms with Crippen LogP contribution in [0.25, 0.3) is 0 Å². The van der Waals surface area contributed by atoms with Gasteiger partial charge in [0.25, 0.3) is 0 Å². The number of carbonyl (C=O) groups is 2. The first-order valence-corrected chi connectivity index (χ1v) is 9.76. The molecule has 27 heavy (non-hydrogen) atoms. The molecule has 1 saturated heterocycles. The summed E-state index contributed by atoms with van der Waals surface area (Å²) < 4.78 is 10.4. The van der Waals surface area contributed by atoms with Crippen LogP contribution in [0.1, 0.15) is 37.7 Å². The number of benzene rings is 1. The van der Waals surface area contributed by atoms with Crippen molar-refractivity contribution in [2.24, 2.45) is 5.41 Å². The molecule has 1 aliphatic carbocycles. The summed E-state index contributed by atoms with van der Waals surface area (Å²) in [6.07, 6.45) is 4.94. The average Bonchev–Trinajstić information content (AvgIpc) is 3.10. The van der Waals surface area contributed by atoms with E-state index in [-0.39, 0.29) is 23.3 Å². The molecule has 1 aliphatic heterocycles. The van der Waals surface area contributed by atoms with E-state index in [1.54, 1.807) is 14.2 Å². The molecule has 0 unspecified atom stereocenters. The van der Waals surface area contributed by atoms with Crippen LogP contribution in [0.2, 0.25) is 0 Å². The van der Waals surface area contributed by atoms with E-state index in [9.17, 15) is 9.59 Å². The van der Waals surface area contributed by atoms with Crippen LogP contribution in [0.5, 0.6) is 5.75 Å². The number of hydrogen-bond donors (Lipinski definition) is 1. The van der Waals surface area contributed by atoms with Crippen molar-refractivity contribution in [3.63, 3.8) is 0 Å². The van der Waals surface area contributed by atoms with Gasteiger partial charge in [0, 0.05) is 38.1 Å². The van der Waals surface area contributed by atoms with Crippen LogP contribution >= 0.6 is 0 Å². The van der Waals surface area contributed by atoms with Crippen molar-refractivity contribution in [2.45, 2.75) is 44.6 Å². The molecule has 0 bridgehead atoms. The summed E-state index contributed by atoms with van der Waals surface area (Å²) in [7, 11) is 3.29. The molecule has 1 heterocycles. The minimum absolute atomic E-state index is 0.00564. The highest BCUT2D eigenvalue weighted by Gasteiger charge is 2.50. The molecular weight excluding hydrogens is 344 g/mol. The van der Waals surface area contributed by atoms with Crippen LogP contribution in [-0.2, 0) is 20.7 Å². The maximum absolute atomic E-state index is 12.5. The van der Waals surface area contributed by atoms with E-state index < -0.39 is 0 Å². The number of ether oxygens (including phenoxy) is 2. The van der Waals surface area contributed by atoms with Crippen molar-refractivity contribution in [1.82, 2.24) is 10.2 Å². The molecule has 0 spiro atoms. The fraction of sp³-hybridized carbons (Fsp3) is 0.619. The van der Waals surface area contributed by atoms with E-state index in [2.05, 4.69) is 5.32 Å². The molecule has 2 fully saturated rings. The first-order chi connectivity index (χ1) is 13.1. The highest BCUT2D eigenvalue weighted by molar-refractivity contribution is 5.79. The fourth-order valence-electron chi connectivity index (χ4n) is 4.64. The van der Waals surface area contributed by atoms with Gasteiger partial charge in [0.2, 0.25) is 11.8 Å². The van der Waals surface area contributed by atoms with Crippen molar-refractivity contribution in [3.8, 4) is 5.75 Å². The van der Waals surface area contributed by atoms with Gasteiger partial charge in [-0.2, -0.15) is 0 Å². The van der Waals surface area contributed by atoms with Gasteiger partial charge in [0.1, 0.15) is 5.75 Å². The van der Waals surface area contributed by atoms with Crippen LogP contribution < -0.4 is 10.1 Å². The monoisotopic (exact) mass is 374 g/mol. The van der Waals surface area contributed by atoms with Crippen LogP contribution in [-0.4, -0.2) is 56.7 Å². The van der Waals surface area contributed by atoms with Crippen molar-refractivity contribution in [3.05, 3.63) is 29.8 Å². The molecule has 6 heteroatoms. The largest absolute Gasteiger partial charge is 0.497 e. The molecule has 148 valence electrons. The Morgan fingerprint density at radius 1 is 1.33 bits per heavy atom. The molecule has 3 rings (SSSR count). The first-order valence-electron chi connectivity index (χ1n) is 9.76. The topological polar surface area (TPSA) is 67.9 Å². The fourth-order valence-corrected chi connectivity index (χ4v) is 4.64. The van der Waals surface area contributed by atoms with E-state index in [0.29, 0.717) is 32.5 Å². The molecule has 2 atom stereocenters. The lowest BCUT2D eigenvalue weighted by Crippen LogP contribution is -2.56. The van der Waals surface area contributed by atoms with Gasteiger partial charge in [-0.25, -0.2) is 0 Å². The molecule has 1 aromatic rings. The molecule has 1 N–H and O–H groups in total. The zero-order chi connectivity index (χ0) is 19.3. The number of likely N-dealkylation sites (tertiary alicyclic amines) is 1. The third-order valence-electron chi connectivity index (χ3n) is 6.07. The summed E-state index contributed by atoms with van der Waals surface area (Å²) in [6.45, 7) is 1.83. The van der Waals surface area contributed by atoms with E-state index >= 15 is 0 Å². The van der Waals surface area contributed by atoms with E-state index in [1.807, 2.05) is 29.2 Å². The molecule has 6 nitrogen and oxygen atoms in total. The summed E-state index contributed by atoms with van der Waals surface area (Å²) in [5.74, 6) is 0.996. The minimum Gasteiger partial charge on any atom is -0.497 e. The third kappa shape index (κ3) is 4.43. The summed E-state index contributed by atoms with van der Waals surface area (Å²) in [6, 6.07) is 7.81. The maximum atomic E-state index is 12.5. The van der Waals surface area contributed by atoms with Crippen molar-refractivity contribution < 1.29 is 19.1 Å². The highest BCUT2D eigenvalue weighted by Crippen LogP contribution is 2.47. The van der Waals surface area contributed by atoms with Crippen LogP contribution in [0, 0.1) is 5.41 Å². The van der Waals surface area contributed by atoms with Crippen LogP contribution in [0.3, 0.4) is 0 Å². The summed E-state index contributed by atoms with van der Waals surface area (Å²) in [5, 5.41) is 3.14. The van der Waals surface area contributed by atoms with Gasteiger partial charge in [-0.3, -0.25) is 9.59 Å². The minimum atomic E-state index is 0.00564. The molecule has 2 amide bonds. The van der Waals surface area contributed by atoms with Crippen molar-refractivity contribution >= 4 is 11.8 Å². The van der Waals surface area contributed by atoms with Gasteiger partial charge in [-0.05, 0) is 37.0 Å². The number of hydrogen-bond acceptors (Lipinski definition) is 4. The number of methoxy groups -OCH3 is 2. The molecule has 1 aromatic carbocycles. The number of nitrogens with one attached hydrogen (secondary N) is 1. The smallest absolute Gasteiger partial charge is 0.224 e. The summed E-state index contributed by atoms with van der Waals surface area (Å²) in [5.41, 5.74) is 0.943. The van der Waals surface area contributed by atoms with E-state index in [0.717, 1.165) is 37.0 Å². The van der Waals surface area contributed by atoms with Gasteiger partial charge in [-0.1, -0.05) is 18.6 Å². The summed E-state index contributed by atoms with van der Waals surface area (Å²) >= 11 is 0. The Morgan fingerprint density at radius 3 is 2.96 bits per heavy atom. The second-order valence-electron chi connectivity index (χ2n) is 7.66. The Bertz CT molecular complexity index is 678. The van der Waals surface area contributed by atoms with Gasteiger partial charge < -0.3 is 19.7 Å². The normalized spacial score (nSPS) is 24.6. The predicted octanol–water partition coefficient (Wildman–Crippen LogP) is 2.16. The SMILES string of the molecule is COCCN1C(=O)CC[C@]2(CNC(=O)Cc3cccc(OC)c3)CCC[C@@H]12. The molecule has 1 saturated carbocycles. The third-order valence-corrected chi connectivity index (χ3v) is 6.07. The Labute approximate surface area is 161 Å². The number of carbonyl (C=O) groups excluding carboxylic acids is 2. The van der Waals surface area contributed by atoms with Gasteiger partial charge in [0.15, 0.2) is 0 Å². The molecular formula is C21H30N2O4.